The van der Waals surface area contributed by atoms with E-state index in [4.69, 9.17) is 8.83 Å². The van der Waals surface area contributed by atoms with Crippen LogP contribution in [0.15, 0.2) is 57.6 Å². The Hall–Kier alpha value is -3.42. The van der Waals surface area contributed by atoms with Crippen LogP contribution in [0.3, 0.4) is 0 Å². The lowest BCUT2D eigenvalue weighted by Crippen LogP contribution is -2.36. The summed E-state index contributed by atoms with van der Waals surface area (Å²) in [4.78, 5) is 26.3. The number of amides is 2. The van der Waals surface area contributed by atoms with Gasteiger partial charge in [-0.3, -0.25) is 9.59 Å². The zero-order valence-electron chi connectivity index (χ0n) is 16.5. The molecule has 1 atom stereocenters. The van der Waals surface area contributed by atoms with Crippen molar-refractivity contribution in [1.82, 2.24) is 20.4 Å². The summed E-state index contributed by atoms with van der Waals surface area (Å²) in [6, 6.07) is 12.5. The standard InChI is InChI=1S/C21H24N4O4/c1-3-11-25(14-19-23-24-21(29-19)18-10-7-12-28-18)20(27)13-17(22-15(2)26)16-8-5-4-6-9-16/h4-10,12,17H,3,11,13-14H2,1-2H3,(H,22,26). The molecule has 0 bridgehead atoms. The van der Waals surface area contributed by atoms with Crippen molar-refractivity contribution in [3.8, 4) is 11.7 Å². The van der Waals surface area contributed by atoms with E-state index in [-0.39, 0.29) is 30.7 Å². The van der Waals surface area contributed by atoms with Crippen LogP contribution in [0.5, 0.6) is 0 Å². The number of aromatic nitrogens is 2. The molecule has 1 unspecified atom stereocenters. The smallest absolute Gasteiger partial charge is 0.283 e. The largest absolute Gasteiger partial charge is 0.459 e. The van der Waals surface area contributed by atoms with Gasteiger partial charge >= 0.3 is 0 Å². The highest BCUT2D eigenvalue weighted by molar-refractivity contribution is 5.79. The summed E-state index contributed by atoms with van der Waals surface area (Å²) in [5, 5.41) is 10.9. The Morgan fingerprint density at radius 2 is 1.93 bits per heavy atom. The van der Waals surface area contributed by atoms with E-state index in [2.05, 4.69) is 15.5 Å². The van der Waals surface area contributed by atoms with Crippen molar-refractivity contribution in [2.24, 2.45) is 0 Å². The van der Waals surface area contributed by atoms with Gasteiger partial charge in [0.2, 0.25) is 17.7 Å². The van der Waals surface area contributed by atoms with Crippen LogP contribution < -0.4 is 5.32 Å². The third-order valence-electron chi connectivity index (χ3n) is 4.33. The molecular formula is C21H24N4O4. The van der Waals surface area contributed by atoms with Crippen LogP contribution >= 0.6 is 0 Å². The lowest BCUT2D eigenvalue weighted by Gasteiger charge is -2.24. The van der Waals surface area contributed by atoms with Gasteiger partial charge in [0.05, 0.1) is 25.3 Å². The molecule has 0 fully saturated rings. The van der Waals surface area contributed by atoms with E-state index < -0.39 is 6.04 Å². The van der Waals surface area contributed by atoms with E-state index >= 15 is 0 Å². The molecule has 29 heavy (non-hydrogen) atoms. The molecule has 2 aromatic heterocycles. The molecule has 1 N–H and O–H groups in total. The normalized spacial score (nSPS) is 11.8. The fourth-order valence-electron chi connectivity index (χ4n) is 3.03. The van der Waals surface area contributed by atoms with Gasteiger partial charge in [0.25, 0.3) is 5.89 Å². The van der Waals surface area contributed by atoms with Gasteiger partial charge in [-0.15, -0.1) is 10.2 Å². The predicted octanol–water partition coefficient (Wildman–Crippen LogP) is 3.34. The number of hydrogen-bond donors (Lipinski definition) is 1. The maximum absolute atomic E-state index is 13.0. The van der Waals surface area contributed by atoms with Gasteiger partial charge in [-0.1, -0.05) is 37.3 Å². The molecule has 152 valence electrons. The number of carbonyl (C=O) groups is 2. The summed E-state index contributed by atoms with van der Waals surface area (Å²) in [6.07, 6.45) is 2.45. The highest BCUT2D eigenvalue weighted by Gasteiger charge is 2.23. The molecule has 0 saturated carbocycles. The fraction of sp³-hybridized carbons (Fsp3) is 0.333. The Bertz CT molecular complexity index is 921. The van der Waals surface area contributed by atoms with Gasteiger partial charge in [-0.2, -0.15) is 0 Å². The van der Waals surface area contributed by atoms with Gasteiger partial charge in [0, 0.05) is 13.5 Å². The fourth-order valence-corrected chi connectivity index (χ4v) is 3.03. The summed E-state index contributed by atoms with van der Waals surface area (Å²) >= 11 is 0. The van der Waals surface area contributed by atoms with E-state index in [1.165, 1.54) is 13.2 Å². The minimum absolute atomic E-state index is 0.104. The van der Waals surface area contributed by atoms with Gasteiger partial charge in [0.1, 0.15) is 0 Å². The molecule has 2 amide bonds. The monoisotopic (exact) mass is 396 g/mol. The van der Waals surface area contributed by atoms with Gasteiger partial charge in [-0.05, 0) is 24.1 Å². The van der Waals surface area contributed by atoms with Crippen LogP contribution in [0.25, 0.3) is 11.7 Å². The second-order valence-corrected chi connectivity index (χ2v) is 6.66. The Morgan fingerprint density at radius 1 is 1.14 bits per heavy atom. The first-order chi connectivity index (χ1) is 14.1. The first-order valence-electron chi connectivity index (χ1n) is 9.53. The molecule has 3 aromatic rings. The molecule has 0 saturated heterocycles. The Balaban J connectivity index is 1.71. The summed E-state index contributed by atoms with van der Waals surface area (Å²) in [7, 11) is 0. The van der Waals surface area contributed by atoms with Crippen LogP contribution in [-0.4, -0.2) is 33.5 Å². The SMILES string of the molecule is CCCN(Cc1nnc(-c2ccco2)o1)C(=O)CC(NC(C)=O)c1ccccc1. The molecule has 0 aliphatic rings. The van der Waals surface area contributed by atoms with E-state index in [9.17, 15) is 9.59 Å². The van der Waals surface area contributed by atoms with Gasteiger partial charge in [0.15, 0.2) is 5.76 Å². The topological polar surface area (TPSA) is 101 Å². The summed E-state index contributed by atoms with van der Waals surface area (Å²) in [5.74, 6) is 0.788. The quantitative estimate of drug-likeness (QED) is 0.595. The minimum Gasteiger partial charge on any atom is -0.459 e. The molecule has 1 aromatic carbocycles. The second kappa shape index (κ2) is 9.68. The van der Waals surface area contributed by atoms with Crippen molar-refractivity contribution < 1.29 is 18.4 Å². The molecule has 0 spiro atoms. The van der Waals surface area contributed by atoms with Crippen LogP contribution in [0.2, 0.25) is 0 Å². The van der Waals surface area contributed by atoms with Crippen molar-refractivity contribution in [3.63, 3.8) is 0 Å². The molecule has 3 rings (SSSR count). The molecule has 0 aliphatic heterocycles. The van der Waals surface area contributed by atoms with Crippen LogP contribution in [0, 0.1) is 0 Å². The van der Waals surface area contributed by atoms with E-state index in [1.807, 2.05) is 37.3 Å². The van der Waals surface area contributed by atoms with E-state index in [0.717, 1.165) is 12.0 Å². The van der Waals surface area contributed by atoms with E-state index in [0.29, 0.717) is 18.2 Å². The molecule has 8 nitrogen and oxygen atoms in total. The molecule has 2 heterocycles. The molecule has 0 radical (unpaired) electrons. The summed E-state index contributed by atoms with van der Waals surface area (Å²) < 4.78 is 10.9. The average molecular weight is 396 g/mol. The zero-order chi connectivity index (χ0) is 20.6. The molecular weight excluding hydrogens is 372 g/mol. The second-order valence-electron chi connectivity index (χ2n) is 6.66. The number of furan rings is 1. The maximum Gasteiger partial charge on any atom is 0.283 e. The number of carbonyl (C=O) groups excluding carboxylic acids is 2. The van der Waals surface area contributed by atoms with E-state index in [1.54, 1.807) is 17.0 Å². The van der Waals surface area contributed by atoms with Crippen molar-refractivity contribution in [2.45, 2.75) is 39.3 Å². The van der Waals surface area contributed by atoms with Crippen molar-refractivity contribution in [1.29, 1.82) is 0 Å². The number of nitrogens with one attached hydrogen (secondary N) is 1. The maximum atomic E-state index is 13.0. The lowest BCUT2D eigenvalue weighted by atomic mass is 10.0. The molecule has 0 aliphatic carbocycles. The summed E-state index contributed by atoms with van der Waals surface area (Å²) in [5.41, 5.74) is 0.880. The predicted molar refractivity (Wildman–Crippen MR) is 105 cm³/mol. The minimum atomic E-state index is -0.401. The van der Waals surface area contributed by atoms with Gasteiger partial charge < -0.3 is 19.1 Å². The number of nitrogens with zero attached hydrogens (tertiary/aromatic N) is 3. The molecule has 8 heteroatoms. The average Bonchev–Trinajstić information content (AvgIpc) is 3.39. The van der Waals surface area contributed by atoms with Crippen molar-refractivity contribution >= 4 is 11.8 Å². The van der Waals surface area contributed by atoms with Crippen LogP contribution in [0.4, 0.5) is 0 Å². The van der Waals surface area contributed by atoms with Crippen LogP contribution in [-0.2, 0) is 16.1 Å². The lowest BCUT2D eigenvalue weighted by molar-refractivity contribution is -0.133. The third-order valence-corrected chi connectivity index (χ3v) is 4.33. The highest BCUT2D eigenvalue weighted by Crippen LogP contribution is 2.21. The van der Waals surface area contributed by atoms with Crippen molar-refractivity contribution in [3.05, 3.63) is 60.2 Å². The van der Waals surface area contributed by atoms with Gasteiger partial charge in [-0.25, -0.2) is 0 Å². The Morgan fingerprint density at radius 3 is 2.59 bits per heavy atom. The zero-order valence-corrected chi connectivity index (χ0v) is 16.5. The third kappa shape index (κ3) is 5.54. The first-order valence-corrected chi connectivity index (χ1v) is 9.53. The number of benzene rings is 1. The summed E-state index contributed by atoms with van der Waals surface area (Å²) in [6.45, 7) is 4.17. The number of rotatable bonds is 9. The van der Waals surface area contributed by atoms with Crippen molar-refractivity contribution in [2.75, 3.05) is 6.54 Å². The Kier molecular flexibility index (Phi) is 6.78. The first kappa shape index (κ1) is 20.3. The Labute approximate surface area is 168 Å². The number of hydrogen-bond acceptors (Lipinski definition) is 6. The highest BCUT2D eigenvalue weighted by atomic mass is 16.4. The van der Waals surface area contributed by atoms with Crippen LogP contribution in [0.1, 0.15) is 44.2 Å².